The Balaban J connectivity index is 2.51. The minimum absolute atomic E-state index is 0.163. The number of hydrogen-bond acceptors (Lipinski definition) is 3. The van der Waals surface area contributed by atoms with Crippen molar-refractivity contribution in [2.45, 2.75) is 24.8 Å². The molecule has 5 nitrogen and oxygen atoms in total. The van der Waals surface area contributed by atoms with Crippen molar-refractivity contribution in [1.29, 1.82) is 0 Å². The molecule has 112 valence electrons. The predicted molar refractivity (Wildman–Crippen MR) is 82.2 cm³/mol. The molecular weight excluding hydrogens is 288 g/mol. The molecule has 0 saturated carbocycles. The molecule has 2 rings (SSSR count). The molecule has 2 aromatic carbocycles. The Morgan fingerprint density at radius 3 is 2.33 bits per heavy atom. The second-order valence-corrected chi connectivity index (χ2v) is 7.01. The van der Waals surface area contributed by atoms with E-state index in [1.54, 1.807) is 32.0 Å². The van der Waals surface area contributed by atoms with Crippen molar-refractivity contribution in [1.82, 2.24) is 4.31 Å². The second-order valence-electron chi connectivity index (χ2n) is 5.12. The lowest BCUT2D eigenvalue weighted by molar-refractivity contribution is -0.118. The highest BCUT2D eigenvalue weighted by Crippen LogP contribution is 2.23. The molecule has 0 fully saturated rings. The van der Waals surface area contributed by atoms with E-state index < -0.39 is 15.9 Å². The van der Waals surface area contributed by atoms with Gasteiger partial charge in [-0.1, -0.05) is 30.3 Å². The Bertz CT molecular complexity index is 769. The van der Waals surface area contributed by atoms with Crippen LogP contribution < -0.4 is 5.73 Å². The van der Waals surface area contributed by atoms with Crippen LogP contribution in [0.15, 0.2) is 47.4 Å². The van der Waals surface area contributed by atoms with Crippen LogP contribution in [0.2, 0.25) is 0 Å². The average Bonchev–Trinajstić information content (AvgIpc) is 2.43. The molecule has 21 heavy (non-hydrogen) atoms. The van der Waals surface area contributed by atoms with Gasteiger partial charge in [-0.3, -0.25) is 4.79 Å². The number of nitrogens with two attached hydrogens (primary N) is 1. The van der Waals surface area contributed by atoms with Crippen LogP contribution in [0.25, 0.3) is 10.8 Å². The quantitative estimate of drug-likeness (QED) is 0.913. The zero-order valence-corrected chi connectivity index (χ0v) is 12.8. The van der Waals surface area contributed by atoms with Crippen LogP contribution in [-0.4, -0.2) is 31.2 Å². The predicted octanol–water partition coefficient (Wildman–Crippen LogP) is 1.72. The number of amides is 1. The molecule has 6 heteroatoms. The molecule has 0 bridgehead atoms. The third-order valence-electron chi connectivity index (χ3n) is 3.22. The summed E-state index contributed by atoms with van der Waals surface area (Å²) in [6.07, 6.45) is 0. The molecule has 0 spiro atoms. The van der Waals surface area contributed by atoms with Crippen molar-refractivity contribution < 1.29 is 13.2 Å². The molecule has 0 aliphatic rings. The lowest BCUT2D eigenvalue weighted by atomic mass is 10.1. The number of fused-ring (bicyclic) bond motifs is 1. The van der Waals surface area contributed by atoms with Gasteiger partial charge in [-0.05, 0) is 36.8 Å². The standard InChI is InChI=1S/C15H18N2O3S/c1-11(2)17(10-15(16)18)21(19,20)14-8-7-12-5-3-4-6-13(12)9-14/h3-9,11H,10H2,1-2H3,(H2,16,18). The van der Waals surface area contributed by atoms with Crippen LogP contribution in [0.1, 0.15) is 13.8 Å². The van der Waals surface area contributed by atoms with E-state index in [0.717, 1.165) is 15.1 Å². The normalized spacial score (nSPS) is 12.2. The van der Waals surface area contributed by atoms with Gasteiger partial charge in [0.15, 0.2) is 0 Å². The maximum atomic E-state index is 12.7. The molecule has 0 aliphatic heterocycles. The smallest absolute Gasteiger partial charge is 0.243 e. The summed E-state index contributed by atoms with van der Waals surface area (Å²) in [5.74, 6) is -0.673. The van der Waals surface area contributed by atoms with E-state index in [1.165, 1.54) is 0 Å². The monoisotopic (exact) mass is 306 g/mol. The second kappa shape index (κ2) is 5.83. The van der Waals surface area contributed by atoms with Gasteiger partial charge in [0.25, 0.3) is 0 Å². The Hall–Kier alpha value is -1.92. The summed E-state index contributed by atoms with van der Waals surface area (Å²) in [5, 5.41) is 1.80. The Morgan fingerprint density at radius 1 is 1.14 bits per heavy atom. The van der Waals surface area contributed by atoms with Gasteiger partial charge in [0.05, 0.1) is 11.4 Å². The summed E-state index contributed by atoms with van der Waals surface area (Å²) in [6.45, 7) is 3.09. The van der Waals surface area contributed by atoms with Crippen molar-refractivity contribution in [3.8, 4) is 0 Å². The molecule has 0 unspecified atom stereocenters. The maximum Gasteiger partial charge on any atom is 0.243 e. The van der Waals surface area contributed by atoms with Crippen molar-refractivity contribution in [2.75, 3.05) is 6.54 Å². The Morgan fingerprint density at radius 2 is 1.76 bits per heavy atom. The molecule has 0 aliphatic carbocycles. The first-order valence-corrected chi connectivity index (χ1v) is 8.05. The largest absolute Gasteiger partial charge is 0.369 e. The number of carbonyl (C=O) groups is 1. The van der Waals surface area contributed by atoms with Crippen LogP contribution in [-0.2, 0) is 14.8 Å². The average molecular weight is 306 g/mol. The molecule has 0 atom stereocenters. The molecule has 0 radical (unpaired) electrons. The summed E-state index contributed by atoms with van der Waals surface area (Å²) >= 11 is 0. The number of nitrogens with zero attached hydrogens (tertiary/aromatic N) is 1. The van der Waals surface area contributed by atoms with Gasteiger partial charge in [0.2, 0.25) is 15.9 Å². The molecule has 2 aromatic rings. The fourth-order valence-corrected chi connectivity index (χ4v) is 3.80. The lowest BCUT2D eigenvalue weighted by Crippen LogP contribution is -2.42. The topological polar surface area (TPSA) is 80.5 Å². The number of primary amides is 1. The van der Waals surface area contributed by atoms with Crippen LogP contribution >= 0.6 is 0 Å². The summed E-state index contributed by atoms with van der Waals surface area (Å²) in [6, 6.07) is 12.1. The van der Waals surface area contributed by atoms with Gasteiger partial charge in [-0.2, -0.15) is 4.31 Å². The van der Waals surface area contributed by atoms with E-state index in [1.807, 2.05) is 24.3 Å². The molecule has 0 aromatic heterocycles. The van der Waals surface area contributed by atoms with E-state index in [2.05, 4.69) is 0 Å². The lowest BCUT2D eigenvalue weighted by Gasteiger charge is -2.24. The number of sulfonamides is 1. The van der Waals surface area contributed by atoms with Crippen LogP contribution in [0.5, 0.6) is 0 Å². The van der Waals surface area contributed by atoms with Crippen molar-refractivity contribution in [3.63, 3.8) is 0 Å². The first-order chi connectivity index (χ1) is 9.82. The highest BCUT2D eigenvalue weighted by atomic mass is 32.2. The van der Waals surface area contributed by atoms with E-state index in [-0.39, 0.29) is 17.5 Å². The van der Waals surface area contributed by atoms with Crippen LogP contribution in [0.3, 0.4) is 0 Å². The van der Waals surface area contributed by atoms with Gasteiger partial charge in [-0.25, -0.2) is 8.42 Å². The molecular formula is C15H18N2O3S. The number of benzene rings is 2. The first kappa shape index (κ1) is 15.5. The van der Waals surface area contributed by atoms with Gasteiger partial charge in [0, 0.05) is 6.04 Å². The first-order valence-electron chi connectivity index (χ1n) is 6.61. The fraction of sp³-hybridized carbons (Fsp3) is 0.267. The van der Waals surface area contributed by atoms with Gasteiger partial charge >= 0.3 is 0 Å². The summed E-state index contributed by atoms with van der Waals surface area (Å²) in [5.41, 5.74) is 5.15. The van der Waals surface area contributed by atoms with Crippen molar-refractivity contribution in [3.05, 3.63) is 42.5 Å². The molecule has 0 heterocycles. The highest BCUT2D eigenvalue weighted by molar-refractivity contribution is 7.89. The minimum atomic E-state index is -3.75. The zero-order valence-electron chi connectivity index (χ0n) is 12.0. The molecule has 1 amide bonds. The summed E-state index contributed by atoms with van der Waals surface area (Å²) in [4.78, 5) is 11.3. The number of rotatable bonds is 5. The number of hydrogen-bond donors (Lipinski definition) is 1. The molecule has 2 N–H and O–H groups in total. The van der Waals surface area contributed by atoms with Gasteiger partial charge in [0.1, 0.15) is 0 Å². The van der Waals surface area contributed by atoms with E-state index in [9.17, 15) is 13.2 Å². The van der Waals surface area contributed by atoms with Crippen LogP contribution in [0, 0.1) is 0 Å². The van der Waals surface area contributed by atoms with E-state index >= 15 is 0 Å². The van der Waals surface area contributed by atoms with Crippen molar-refractivity contribution >= 4 is 26.7 Å². The number of carbonyl (C=O) groups excluding carboxylic acids is 1. The third-order valence-corrected chi connectivity index (χ3v) is 5.23. The highest BCUT2D eigenvalue weighted by Gasteiger charge is 2.28. The molecule has 0 saturated heterocycles. The third kappa shape index (κ3) is 3.22. The minimum Gasteiger partial charge on any atom is -0.369 e. The SMILES string of the molecule is CC(C)N(CC(N)=O)S(=O)(=O)c1ccc2ccccc2c1. The Labute approximate surface area is 124 Å². The van der Waals surface area contributed by atoms with E-state index in [4.69, 9.17) is 5.73 Å². The van der Waals surface area contributed by atoms with Crippen LogP contribution in [0.4, 0.5) is 0 Å². The van der Waals surface area contributed by atoms with Gasteiger partial charge < -0.3 is 5.73 Å². The maximum absolute atomic E-state index is 12.7. The zero-order chi connectivity index (χ0) is 15.6. The summed E-state index contributed by atoms with van der Waals surface area (Å²) < 4.78 is 26.5. The van der Waals surface area contributed by atoms with Crippen molar-refractivity contribution in [2.24, 2.45) is 5.73 Å². The summed E-state index contributed by atoms with van der Waals surface area (Å²) in [7, 11) is -3.75. The Kier molecular flexibility index (Phi) is 4.29. The van der Waals surface area contributed by atoms with E-state index in [0.29, 0.717) is 0 Å². The van der Waals surface area contributed by atoms with Gasteiger partial charge in [-0.15, -0.1) is 0 Å². The fourth-order valence-electron chi connectivity index (χ4n) is 2.16.